The second-order valence-corrected chi connectivity index (χ2v) is 8.34. The fourth-order valence-electron chi connectivity index (χ4n) is 2.82. The van der Waals surface area contributed by atoms with Crippen LogP contribution in [0.3, 0.4) is 0 Å². The Morgan fingerprint density at radius 3 is 2.63 bits per heavy atom. The first-order valence-electron chi connectivity index (χ1n) is 8.52. The van der Waals surface area contributed by atoms with Gasteiger partial charge in [-0.15, -0.1) is 0 Å². The van der Waals surface area contributed by atoms with Gasteiger partial charge in [-0.05, 0) is 36.2 Å². The van der Waals surface area contributed by atoms with Crippen LogP contribution < -0.4 is 14.8 Å². The van der Waals surface area contributed by atoms with Crippen LogP contribution in [0.25, 0.3) is 0 Å². The molecule has 0 spiro atoms. The quantitative estimate of drug-likeness (QED) is 0.781. The Balaban J connectivity index is 1.62. The Labute approximate surface area is 158 Å². The summed E-state index contributed by atoms with van der Waals surface area (Å²) in [4.78, 5) is 12.3. The van der Waals surface area contributed by atoms with E-state index >= 15 is 0 Å². The third-order valence-corrected chi connectivity index (χ3v) is 5.55. The zero-order valence-electron chi connectivity index (χ0n) is 15.3. The van der Waals surface area contributed by atoms with Gasteiger partial charge < -0.3 is 14.8 Å². The number of fused-ring (bicyclic) bond motifs is 1. The molecule has 144 valence electrons. The second-order valence-electron chi connectivity index (χ2n) is 6.35. The number of hydrogen-bond donors (Lipinski definition) is 1. The lowest BCUT2D eigenvalue weighted by Crippen LogP contribution is -2.37. The van der Waals surface area contributed by atoms with Gasteiger partial charge >= 0.3 is 0 Å². The predicted molar refractivity (Wildman–Crippen MR) is 101 cm³/mol. The van der Waals surface area contributed by atoms with E-state index in [-0.39, 0.29) is 32.3 Å². The van der Waals surface area contributed by atoms with Gasteiger partial charge in [0.25, 0.3) is 5.91 Å². The Hall–Kier alpha value is -2.58. The molecule has 8 heteroatoms. The van der Waals surface area contributed by atoms with Crippen LogP contribution in [-0.4, -0.2) is 44.8 Å². The van der Waals surface area contributed by atoms with Crippen molar-refractivity contribution in [3.05, 3.63) is 59.2 Å². The van der Waals surface area contributed by atoms with Crippen LogP contribution in [-0.2, 0) is 16.6 Å². The second kappa shape index (κ2) is 7.98. The molecule has 2 aromatic rings. The summed E-state index contributed by atoms with van der Waals surface area (Å²) in [7, 11) is -3.44. The predicted octanol–water partition coefficient (Wildman–Crippen LogP) is 1.92. The first-order chi connectivity index (χ1) is 12.8. The van der Waals surface area contributed by atoms with Crippen molar-refractivity contribution in [2.45, 2.75) is 13.5 Å². The Morgan fingerprint density at radius 1 is 1.15 bits per heavy atom. The van der Waals surface area contributed by atoms with Gasteiger partial charge in [-0.3, -0.25) is 4.79 Å². The lowest BCUT2D eigenvalue weighted by atomic mass is 10.1. The van der Waals surface area contributed by atoms with E-state index < -0.39 is 10.0 Å². The van der Waals surface area contributed by atoms with Gasteiger partial charge in [-0.2, -0.15) is 4.31 Å². The monoisotopic (exact) mass is 390 g/mol. The molecule has 7 nitrogen and oxygen atoms in total. The summed E-state index contributed by atoms with van der Waals surface area (Å²) in [5.41, 5.74) is 2.24. The number of amides is 1. The highest BCUT2D eigenvalue weighted by molar-refractivity contribution is 7.88. The average Bonchev–Trinajstić information content (AvgIpc) is 3.08. The molecule has 0 aliphatic carbocycles. The summed E-state index contributed by atoms with van der Waals surface area (Å²) in [6.07, 6.45) is 1.16. The van der Waals surface area contributed by atoms with Crippen LogP contribution in [0.2, 0.25) is 0 Å². The number of sulfonamides is 1. The van der Waals surface area contributed by atoms with Gasteiger partial charge in [0.2, 0.25) is 16.8 Å². The van der Waals surface area contributed by atoms with Crippen molar-refractivity contribution in [1.82, 2.24) is 9.62 Å². The third kappa shape index (κ3) is 4.78. The molecular formula is C19H22N2O5S. The molecular weight excluding hydrogens is 368 g/mol. The molecule has 1 N–H and O–H groups in total. The summed E-state index contributed by atoms with van der Waals surface area (Å²) in [6.45, 7) is 2.60. The maximum absolute atomic E-state index is 12.3. The van der Waals surface area contributed by atoms with E-state index in [2.05, 4.69) is 5.32 Å². The highest BCUT2D eigenvalue weighted by atomic mass is 32.2. The Kier molecular flexibility index (Phi) is 5.67. The number of nitrogens with one attached hydrogen (secondary N) is 1. The normalized spacial score (nSPS) is 13.0. The molecule has 27 heavy (non-hydrogen) atoms. The molecule has 1 heterocycles. The third-order valence-electron chi connectivity index (χ3n) is 4.30. The summed E-state index contributed by atoms with van der Waals surface area (Å²) in [5.74, 6) is 1.04. The highest BCUT2D eigenvalue weighted by Gasteiger charge is 2.20. The van der Waals surface area contributed by atoms with Crippen molar-refractivity contribution in [3.63, 3.8) is 0 Å². The van der Waals surface area contributed by atoms with Crippen LogP contribution in [0, 0.1) is 6.92 Å². The molecule has 0 saturated heterocycles. The maximum atomic E-state index is 12.3. The van der Waals surface area contributed by atoms with Gasteiger partial charge in [0.15, 0.2) is 11.5 Å². The van der Waals surface area contributed by atoms with E-state index in [1.165, 1.54) is 4.31 Å². The van der Waals surface area contributed by atoms with E-state index in [1.807, 2.05) is 19.1 Å². The molecule has 0 atom stereocenters. The van der Waals surface area contributed by atoms with Crippen molar-refractivity contribution >= 4 is 15.9 Å². The number of carbonyl (C=O) groups is 1. The molecule has 0 bridgehead atoms. The van der Waals surface area contributed by atoms with Gasteiger partial charge in [0.1, 0.15) is 0 Å². The molecule has 0 radical (unpaired) electrons. The molecule has 0 unspecified atom stereocenters. The lowest BCUT2D eigenvalue weighted by Gasteiger charge is -2.20. The van der Waals surface area contributed by atoms with Crippen LogP contribution in [0.15, 0.2) is 42.5 Å². The van der Waals surface area contributed by atoms with Gasteiger partial charge in [-0.1, -0.05) is 24.3 Å². The van der Waals surface area contributed by atoms with E-state index in [0.717, 1.165) is 17.4 Å². The molecule has 0 saturated carbocycles. The van der Waals surface area contributed by atoms with Crippen molar-refractivity contribution in [2.75, 3.05) is 26.1 Å². The summed E-state index contributed by atoms with van der Waals surface area (Å²) in [5, 5.41) is 2.78. The molecule has 0 fully saturated rings. The Bertz CT molecular complexity index is 943. The SMILES string of the molecule is Cc1ccccc1C(=O)NCCN(Cc1ccc2c(c1)OCO2)S(C)(=O)=O. The van der Waals surface area contributed by atoms with Gasteiger partial charge in [0, 0.05) is 25.2 Å². The number of rotatable bonds is 7. The summed E-state index contributed by atoms with van der Waals surface area (Å²) in [6, 6.07) is 12.6. The molecule has 3 rings (SSSR count). The highest BCUT2D eigenvalue weighted by Crippen LogP contribution is 2.32. The topological polar surface area (TPSA) is 84.9 Å². The van der Waals surface area contributed by atoms with E-state index in [4.69, 9.17) is 9.47 Å². The minimum Gasteiger partial charge on any atom is -0.454 e. The number of carbonyl (C=O) groups excluding carboxylic acids is 1. The zero-order chi connectivity index (χ0) is 19.4. The van der Waals surface area contributed by atoms with Crippen molar-refractivity contribution < 1.29 is 22.7 Å². The fourth-order valence-corrected chi connectivity index (χ4v) is 3.63. The summed E-state index contributed by atoms with van der Waals surface area (Å²) < 4.78 is 36.2. The molecule has 1 aliphatic rings. The lowest BCUT2D eigenvalue weighted by molar-refractivity contribution is 0.0951. The summed E-state index contributed by atoms with van der Waals surface area (Å²) >= 11 is 0. The van der Waals surface area contributed by atoms with E-state index in [9.17, 15) is 13.2 Å². The molecule has 0 aromatic heterocycles. The first kappa shape index (κ1) is 19.2. The fraction of sp³-hybridized carbons (Fsp3) is 0.316. The molecule has 2 aromatic carbocycles. The van der Waals surface area contributed by atoms with Gasteiger partial charge in [0.05, 0.1) is 6.26 Å². The van der Waals surface area contributed by atoms with E-state index in [1.54, 1.807) is 30.3 Å². The van der Waals surface area contributed by atoms with Crippen LogP contribution >= 0.6 is 0 Å². The minimum absolute atomic E-state index is 0.166. The molecule has 1 aliphatic heterocycles. The van der Waals surface area contributed by atoms with Crippen molar-refractivity contribution in [3.8, 4) is 11.5 Å². The van der Waals surface area contributed by atoms with Crippen LogP contribution in [0.4, 0.5) is 0 Å². The standard InChI is InChI=1S/C19H22N2O5S/c1-14-5-3-4-6-16(14)19(22)20-9-10-21(27(2,23)24)12-15-7-8-17-18(11-15)26-13-25-17/h3-8,11H,9-10,12-13H2,1-2H3,(H,20,22). The number of aryl methyl sites for hydroxylation is 1. The maximum Gasteiger partial charge on any atom is 0.251 e. The number of ether oxygens (including phenoxy) is 2. The largest absolute Gasteiger partial charge is 0.454 e. The van der Waals surface area contributed by atoms with Crippen molar-refractivity contribution in [2.24, 2.45) is 0 Å². The number of nitrogens with zero attached hydrogens (tertiary/aromatic N) is 1. The number of benzene rings is 2. The van der Waals surface area contributed by atoms with Crippen LogP contribution in [0.5, 0.6) is 11.5 Å². The van der Waals surface area contributed by atoms with Crippen molar-refractivity contribution in [1.29, 1.82) is 0 Å². The smallest absolute Gasteiger partial charge is 0.251 e. The Morgan fingerprint density at radius 2 is 1.89 bits per heavy atom. The minimum atomic E-state index is -3.44. The zero-order valence-corrected chi connectivity index (χ0v) is 16.1. The number of hydrogen-bond acceptors (Lipinski definition) is 5. The average molecular weight is 390 g/mol. The van der Waals surface area contributed by atoms with Gasteiger partial charge in [-0.25, -0.2) is 8.42 Å². The van der Waals surface area contributed by atoms with E-state index in [0.29, 0.717) is 17.1 Å². The van der Waals surface area contributed by atoms with Crippen LogP contribution in [0.1, 0.15) is 21.5 Å². The first-order valence-corrected chi connectivity index (χ1v) is 10.4. The molecule has 1 amide bonds.